The number of rotatable bonds is 5. The molecule has 0 aliphatic carbocycles. The Hall–Kier alpha value is -3.05. The van der Waals surface area contributed by atoms with Crippen molar-refractivity contribution in [1.82, 2.24) is 18.8 Å². The Morgan fingerprint density at radius 2 is 1.91 bits per heavy atom. The van der Waals surface area contributed by atoms with E-state index in [0.717, 1.165) is 17.2 Å². The molecule has 11 heteroatoms. The van der Waals surface area contributed by atoms with Crippen LogP contribution in [-0.4, -0.2) is 46.6 Å². The van der Waals surface area contributed by atoms with E-state index in [1.54, 1.807) is 20.0 Å². The SMILES string of the molecule is Cc1nc(=NC(C)c2cccc(C(F)F)c2F)c2cc(C3=CCN(S(C)(=O)=O)CC3)ncc2n1C. The Labute approximate surface area is 201 Å². The summed E-state index contributed by atoms with van der Waals surface area (Å²) in [6, 6.07) is 4.98. The lowest BCUT2D eigenvalue weighted by molar-refractivity contribution is 0.146. The van der Waals surface area contributed by atoms with Gasteiger partial charge in [0.15, 0.2) is 5.49 Å². The topological polar surface area (TPSA) is 80.5 Å². The number of aryl methyl sites for hydroxylation is 2. The third-order valence-corrected chi connectivity index (χ3v) is 7.54. The molecule has 0 radical (unpaired) electrons. The van der Waals surface area contributed by atoms with Gasteiger partial charge in [-0.05, 0) is 31.9 Å². The summed E-state index contributed by atoms with van der Waals surface area (Å²) in [4.78, 5) is 13.8. The summed E-state index contributed by atoms with van der Waals surface area (Å²) < 4.78 is 68.0. The van der Waals surface area contributed by atoms with Crippen LogP contribution in [0.1, 0.15) is 48.5 Å². The highest BCUT2D eigenvalue weighted by molar-refractivity contribution is 7.88. The molecular formula is C24H26F3N5O2S. The molecule has 35 heavy (non-hydrogen) atoms. The molecule has 0 amide bonds. The molecule has 2 aromatic heterocycles. The average Bonchev–Trinajstić information content (AvgIpc) is 2.81. The summed E-state index contributed by atoms with van der Waals surface area (Å²) in [5, 5.41) is 0.673. The van der Waals surface area contributed by atoms with Crippen molar-refractivity contribution in [3.8, 4) is 0 Å². The van der Waals surface area contributed by atoms with Crippen LogP contribution in [0.25, 0.3) is 16.5 Å². The number of fused-ring (bicyclic) bond motifs is 1. The van der Waals surface area contributed by atoms with E-state index >= 15 is 0 Å². The molecule has 0 saturated heterocycles. The van der Waals surface area contributed by atoms with Gasteiger partial charge < -0.3 is 4.57 Å². The zero-order valence-corrected chi connectivity index (χ0v) is 20.7. The van der Waals surface area contributed by atoms with E-state index in [1.807, 2.05) is 23.8 Å². The Bertz CT molecular complexity index is 1500. The maximum Gasteiger partial charge on any atom is 0.266 e. The fourth-order valence-electron chi connectivity index (χ4n) is 4.13. The number of pyridine rings is 1. The molecule has 0 N–H and O–H groups in total. The number of hydrogen-bond donors (Lipinski definition) is 0. The number of aromatic nitrogens is 3. The molecule has 0 fully saturated rings. The highest BCUT2D eigenvalue weighted by Gasteiger charge is 2.22. The number of hydrogen-bond acceptors (Lipinski definition) is 5. The van der Waals surface area contributed by atoms with Crippen LogP contribution in [-0.2, 0) is 17.1 Å². The van der Waals surface area contributed by atoms with Crippen LogP contribution >= 0.6 is 0 Å². The molecule has 0 saturated carbocycles. The van der Waals surface area contributed by atoms with Crippen molar-refractivity contribution in [2.24, 2.45) is 12.0 Å². The van der Waals surface area contributed by atoms with E-state index < -0.39 is 33.9 Å². The van der Waals surface area contributed by atoms with Crippen LogP contribution in [0.2, 0.25) is 0 Å². The summed E-state index contributed by atoms with van der Waals surface area (Å²) in [6.45, 7) is 4.06. The maximum absolute atomic E-state index is 14.7. The van der Waals surface area contributed by atoms with Gasteiger partial charge in [-0.1, -0.05) is 24.3 Å². The van der Waals surface area contributed by atoms with E-state index in [9.17, 15) is 21.6 Å². The second kappa shape index (κ2) is 9.54. The first kappa shape index (κ1) is 25.1. The van der Waals surface area contributed by atoms with E-state index in [1.165, 1.54) is 22.7 Å². The Balaban J connectivity index is 1.82. The lowest BCUT2D eigenvalue weighted by atomic mass is 10.0. The van der Waals surface area contributed by atoms with Crippen molar-refractivity contribution in [3.63, 3.8) is 0 Å². The minimum absolute atomic E-state index is 0.0637. The van der Waals surface area contributed by atoms with Crippen molar-refractivity contribution < 1.29 is 21.6 Å². The third-order valence-electron chi connectivity index (χ3n) is 6.27. The van der Waals surface area contributed by atoms with Gasteiger partial charge in [0.05, 0.1) is 35.3 Å². The quantitative estimate of drug-likeness (QED) is 0.524. The predicted octanol–water partition coefficient (Wildman–Crippen LogP) is 4.06. The second-order valence-corrected chi connectivity index (χ2v) is 10.6. The van der Waals surface area contributed by atoms with Gasteiger partial charge in [-0.2, -0.15) is 4.31 Å². The van der Waals surface area contributed by atoms with E-state index in [4.69, 9.17) is 0 Å². The largest absolute Gasteiger partial charge is 0.331 e. The Morgan fingerprint density at radius 3 is 2.54 bits per heavy atom. The monoisotopic (exact) mass is 505 g/mol. The zero-order valence-electron chi connectivity index (χ0n) is 19.8. The molecule has 3 aromatic rings. The lowest BCUT2D eigenvalue weighted by Gasteiger charge is -2.24. The molecule has 1 unspecified atom stereocenters. The Morgan fingerprint density at radius 1 is 1.20 bits per heavy atom. The van der Waals surface area contributed by atoms with Gasteiger partial charge >= 0.3 is 0 Å². The number of nitrogens with zero attached hydrogens (tertiary/aromatic N) is 5. The molecular weight excluding hydrogens is 479 g/mol. The van der Waals surface area contributed by atoms with Crippen LogP contribution in [0.15, 0.2) is 41.5 Å². The first-order valence-corrected chi connectivity index (χ1v) is 12.9. The second-order valence-electron chi connectivity index (χ2n) is 8.58. The summed E-state index contributed by atoms with van der Waals surface area (Å²) in [6.07, 6.45) is 2.31. The van der Waals surface area contributed by atoms with Crippen molar-refractivity contribution in [2.75, 3.05) is 19.3 Å². The van der Waals surface area contributed by atoms with Gasteiger partial charge in [0.2, 0.25) is 10.0 Å². The summed E-state index contributed by atoms with van der Waals surface area (Å²) in [5.74, 6) is -0.313. The van der Waals surface area contributed by atoms with Gasteiger partial charge in [-0.25, -0.2) is 26.6 Å². The first-order chi connectivity index (χ1) is 16.5. The standard InChI is InChI=1S/C24H26F3N5O2S/c1-14(17-6-5-7-18(22(17)25)23(26)27)29-24-19-12-20(28-13-21(19)31(3)15(2)30-24)16-8-10-32(11-9-16)35(4,33)34/h5-8,12-14,23H,9-11H2,1-4H3. The third kappa shape index (κ3) is 5.01. The van der Waals surface area contributed by atoms with E-state index in [0.29, 0.717) is 35.4 Å². The number of alkyl halides is 2. The summed E-state index contributed by atoms with van der Waals surface area (Å²) >= 11 is 0. The number of halogens is 3. The van der Waals surface area contributed by atoms with Gasteiger partial charge in [-0.15, -0.1) is 0 Å². The van der Waals surface area contributed by atoms with Crippen molar-refractivity contribution in [3.05, 3.63) is 70.5 Å². The molecule has 1 atom stereocenters. The molecule has 0 spiro atoms. The number of benzene rings is 1. The van der Waals surface area contributed by atoms with Crippen molar-refractivity contribution in [1.29, 1.82) is 0 Å². The van der Waals surface area contributed by atoms with Crippen molar-refractivity contribution in [2.45, 2.75) is 32.7 Å². The molecule has 0 bridgehead atoms. The molecule has 1 aromatic carbocycles. The molecule has 3 heterocycles. The molecule has 1 aliphatic rings. The van der Waals surface area contributed by atoms with Gasteiger partial charge in [-0.3, -0.25) is 9.98 Å². The van der Waals surface area contributed by atoms with Crippen LogP contribution < -0.4 is 5.49 Å². The van der Waals surface area contributed by atoms with Gasteiger partial charge in [0.1, 0.15) is 11.6 Å². The minimum Gasteiger partial charge on any atom is -0.331 e. The molecule has 1 aliphatic heterocycles. The highest BCUT2D eigenvalue weighted by atomic mass is 32.2. The van der Waals surface area contributed by atoms with E-state index in [2.05, 4.69) is 15.0 Å². The summed E-state index contributed by atoms with van der Waals surface area (Å²) in [5.41, 5.74) is 2.09. The average molecular weight is 506 g/mol. The predicted molar refractivity (Wildman–Crippen MR) is 128 cm³/mol. The minimum atomic E-state index is -3.27. The molecule has 186 valence electrons. The van der Waals surface area contributed by atoms with Crippen molar-refractivity contribution >= 4 is 26.5 Å². The maximum atomic E-state index is 14.7. The lowest BCUT2D eigenvalue weighted by Crippen LogP contribution is -2.33. The van der Waals surface area contributed by atoms with Gasteiger partial charge in [0.25, 0.3) is 6.43 Å². The van der Waals surface area contributed by atoms with Crippen LogP contribution in [0.5, 0.6) is 0 Å². The highest BCUT2D eigenvalue weighted by Crippen LogP contribution is 2.29. The number of sulfonamides is 1. The normalized spacial score (nSPS) is 16.7. The van der Waals surface area contributed by atoms with Crippen LogP contribution in [0.3, 0.4) is 0 Å². The van der Waals surface area contributed by atoms with E-state index in [-0.39, 0.29) is 12.1 Å². The smallest absolute Gasteiger partial charge is 0.266 e. The summed E-state index contributed by atoms with van der Waals surface area (Å²) in [7, 11) is -1.43. The Kier molecular flexibility index (Phi) is 6.83. The fraction of sp³-hybridized carbons (Fsp3) is 0.375. The van der Waals surface area contributed by atoms with Gasteiger partial charge in [0, 0.05) is 31.1 Å². The molecule has 7 nitrogen and oxygen atoms in total. The fourth-order valence-corrected chi connectivity index (χ4v) is 4.90. The first-order valence-electron chi connectivity index (χ1n) is 11.1. The van der Waals surface area contributed by atoms with Crippen LogP contribution in [0, 0.1) is 12.7 Å². The van der Waals surface area contributed by atoms with Crippen LogP contribution in [0.4, 0.5) is 13.2 Å². The zero-order chi connectivity index (χ0) is 25.5. The molecule has 4 rings (SSSR count).